The fourth-order valence-corrected chi connectivity index (χ4v) is 6.61. The Morgan fingerprint density at radius 2 is 1.14 bits per heavy atom. The number of ether oxygens (including phenoxy) is 6. The van der Waals surface area contributed by atoms with E-state index in [1.165, 1.54) is 44.9 Å². The molecule has 11 unspecified atom stereocenters. The van der Waals surface area contributed by atoms with Gasteiger partial charge in [-0.3, -0.25) is 4.79 Å². The largest absolute Gasteiger partial charge is 0.457 e. The van der Waals surface area contributed by atoms with Crippen molar-refractivity contribution in [2.24, 2.45) is 0 Å². The van der Waals surface area contributed by atoms with E-state index in [1.54, 1.807) is 0 Å². The lowest BCUT2D eigenvalue weighted by Gasteiger charge is -2.42. The average molecular weight is 805 g/mol. The van der Waals surface area contributed by atoms with Gasteiger partial charge >= 0.3 is 5.97 Å². The molecular formula is C42H76O14. The first-order valence-electron chi connectivity index (χ1n) is 21.4. The molecule has 0 aromatic carbocycles. The molecule has 14 nitrogen and oxygen atoms in total. The van der Waals surface area contributed by atoms with E-state index in [0.29, 0.717) is 13.0 Å². The minimum atomic E-state index is -1.70. The quantitative estimate of drug-likeness (QED) is 0.0290. The van der Waals surface area contributed by atoms with Gasteiger partial charge in [0.25, 0.3) is 0 Å². The summed E-state index contributed by atoms with van der Waals surface area (Å²) in [5.41, 5.74) is 0. The van der Waals surface area contributed by atoms with Crippen molar-refractivity contribution in [3.63, 3.8) is 0 Å². The van der Waals surface area contributed by atoms with Crippen molar-refractivity contribution in [3.05, 3.63) is 24.3 Å². The Labute approximate surface area is 335 Å². The minimum Gasteiger partial charge on any atom is -0.457 e. The SMILES string of the molecule is CCC/C=C\C/C=C\CCCCCCCC(=O)OC(COCCCCCCCCCCC)COC1OC(COC2OC(CO)C(O)C(O)C2O)C(O)C(O)C1O. The molecule has 2 rings (SSSR count). The Morgan fingerprint density at radius 1 is 0.589 bits per heavy atom. The van der Waals surface area contributed by atoms with Gasteiger partial charge in [0.15, 0.2) is 12.6 Å². The fourth-order valence-electron chi connectivity index (χ4n) is 6.61. The van der Waals surface area contributed by atoms with E-state index in [0.717, 1.165) is 64.2 Å². The number of allylic oxidation sites excluding steroid dienone is 4. The molecule has 11 atom stereocenters. The van der Waals surface area contributed by atoms with Crippen molar-refractivity contribution in [2.45, 2.75) is 203 Å². The van der Waals surface area contributed by atoms with Gasteiger partial charge in [0, 0.05) is 13.0 Å². The van der Waals surface area contributed by atoms with Crippen LogP contribution in [0.5, 0.6) is 0 Å². The summed E-state index contributed by atoms with van der Waals surface area (Å²) in [6.45, 7) is 3.56. The highest BCUT2D eigenvalue weighted by Crippen LogP contribution is 2.26. The predicted molar refractivity (Wildman–Crippen MR) is 210 cm³/mol. The third-order valence-corrected chi connectivity index (χ3v) is 10.2. The molecule has 14 heteroatoms. The van der Waals surface area contributed by atoms with Crippen LogP contribution in [0.2, 0.25) is 0 Å². The number of carbonyl (C=O) groups excluding carboxylic acids is 1. The molecule has 0 bridgehead atoms. The number of hydrogen-bond donors (Lipinski definition) is 7. The van der Waals surface area contributed by atoms with Crippen LogP contribution in [0.25, 0.3) is 0 Å². The average Bonchev–Trinajstić information content (AvgIpc) is 3.19. The van der Waals surface area contributed by atoms with E-state index in [-0.39, 0.29) is 19.6 Å². The molecule has 2 aliphatic heterocycles. The van der Waals surface area contributed by atoms with Gasteiger partial charge in [-0.05, 0) is 38.5 Å². The number of hydrogen-bond acceptors (Lipinski definition) is 14. The number of aliphatic hydroxyl groups excluding tert-OH is 7. The zero-order chi connectivity index (χ0) is 41.0. The first-order valence-corrected chi connectivity index (χ1v) is 21.4. The molecule has 7 N–H and O–H groups in total. The zero-order valence-electron chi connectivity index (χ0n) is 34.1. The molecule has 328 valence electrons. The molecular weight excluding hydrogens is 728 g/mol. The maximum atomic E-state index is 12.9. The van der Waals surface area contributed by atoms with E-state index < -0.39 is 86.7 Å². The van der Waals surface area contributed by atoms with Gasteiger partial charge in [-0.1, -0.05) is 115 Å². The lowest BCUT2D eigenvalue weighted by atomic mass is 9.98. The van der Waals surface area contributed by atoms with Crippen molar-refractivity contribution in [2.75, 3.05) is 33.0 Å². The summed E-state index contributed by atoms with van der Waals surface area (Å²) in [7, 11) is 0. The molecule has 0 aromatic heterocycles. The van der Waals surface area contributed by atoms with Crippen molar-refractivity contribution < 1.29 is 69.0 Å². The van der Waals surface area contributed by atoms with Gasteiger partial charge in [-0.2, -0.15) is 0 Å². The van der Waals surface area contributed by atoms with Crippen LogP contribution in [-0.4, -0.2) is 142 Å². The van der Waals surface area contributed by atoms with Crippen LogP contribution < -0.4 is 0 Å². The molecule has 56 heavy (non-hydrogen) atoms. The molecule has 2 saturated heterocycles. The third kappa shape index (κ3) is 20.4. The van der Waals surface area contributed by atoms with E-state index >= 15 is 0 Å². The highest BCUT2D eigenvalue weighted by molar-refractivity contribution is 5.69. The topological polar surface area (TPSA) is 214 Å². The van der Waals surface area contributed by atoms with Gasteiger partial charge in [-0.15, -0.1) is 0 Å². The predicted octanol–water partition coefficient (Wildman–Crippen LogP) is 4.12. The van der Waals surface area contributed by atoms with Crippen LogP contribution in [-0.2, 0) is 33.2 Å². The number of unbranched alkanes of at least 4 members (excludes halogenated alkanes) is 14. The van der Waals surface area contributed by atoms with Crippen molar-refractivity contribution in [1.82, 2.24) is 0 Å². The molecule has 0 aromatic rings. The lowest BCUT2D eigenvalue weighted by molar-refractivity contribution is -0.332. The van der Waals surface area contributed by atoms with Crippen LogP contribution in [0, 0.1) is 0 Å². The van der Waals surface area contributed by atoms with Gasteiger partial charge in [0.2, 0.25) is 0 Å². The lowest BCUT2D eigenvalue weighted by Crippen LogP contribution is -2.61. The van der Waals surface area contributed by atoms with E-state index in [1.807, 2.05) is 0 Å². The minimum absolute atomic E-state index is 0.0579. The Balaban J connectivity index is 1.84. The normalized spacial score (nSPS) is 29.0. The van der Waals surface area contributed by atoms with E-state index in [4.69, 9.17) is 28.4 Å². The monoisotopic (exact) mass is 805 g/mol. The molecule has 0 aliphatic carbocycles. The maximum Gasteiger partial charge on any atom is 0.306 e. The van der Waals surface area contributed by atoms with E-state index in [2.05, 4.69) is 38.2 Å². The molecule has 2 aliphatic rings. The molecule has 2 heterocycles. The van der Waals surface area contributed by atoms with Crippen LogP contribution in [0.4, 0.5) is 0 Å². The van der Waals surface area contributed by atoms with Crippen LogP contribution in [0.3, 0.4) is 0 Å². The second-order valence-corrected chi connectivity index (χ2v) is 15.2. The Bertz CT molecular complexity index is 1030. The second-order valence-electron chi connectivity index (χ2n) is 15.2. The summed E-state index contributed by atoms with van der Waals surface area (Å²) in [4.78, 5) is 12.9. The van der Waals surface area contributed by atoms with Crippen molar-refractivity contribution >= 4 is 5.97 Å². The summed E-state index contributed by atoms with van der Waals surface area (Å²) < 4.78 is 34.0. The van der Waals surface area contributed by atoms with Gasteiger partial charge < -0.3 is 64.2 Å². The number of carbonyl (C=O) groups is 1. The maximum absolute atomic E-state index is 12.9. The Morgan fingerprint density at radius 3 is 1.79 bits per heavy atom. The standard InChI is InChI=1S/C42H76O14/c1-3-5-7-9-11-13-14-15-16-17-19-21-23-25-34(44)54-31(28-51-26-24-22-20-18-12-10-8-6-4-2)29-52-41-40(50)38(48)36(46)33(56-41)30-53-42-39(49)37(47)35(45)32(27-43)55-42/h7,9,13-14,31-33,35-43,45-50H,3-6,8,10-12,15-30H2,1-2H3/b9-7-,14-13-. The Kier molecular flexibility index (Phi) is 28.4. The van der Waals surface area contributed by atoms with Crippen molar-refractivity contribution in [3.8, 4) is 0 Å². The van der Waals surface area contributed by atoms with Gasteiger partial charge in [0.1, 0.15) is 54.9 Å². The summed E-state index contributed by atoms with van der Waals surface area (Å²) in [5.74, 6) is -0.393. The second kappa shape index (κ2) is 31.4. The molecule has 0 spiro atoms. The molecule has 0 saturated carbocycles. The van der Waals surface area contributed by atoms with E-state index in [9.17, 15) is 40.5 Å². The fraction of sp³-hybridized carbons (Fsp3) is 0.881. The summed E-state index contributed by atoms with van der Waals surface area (Å²) >= 11 is 0. The van der Waals surface area contributed by atoms with Crippen molar-refractivity contribution in [1.29, 1.82) is 0 Å². The van der Waals surface area contributed by atoms with Crippen LogP contribution >= 0.6 is 0 Å². The summed E-state index contributed by atoms with van der Waals surface area (Å²) in [6.07, 6.45) is 12.6. The smallest absolute Gasteiger partial charge is 0.306 e. The first-order chi connectivity index (χ1) is 27.1. The molecule has 0 amide bonds. The van der Waals surface area contributed by atoms with Gasteiger partial charge in [0.05, 0.1) is 26.4 Å². The first kappa shape index (κ1) is 50.6. The molecule has 0 radical (unpaired) electrons. The molecule has 2 fully saturated rings. The summed E-state index contributed by atoms with van der Waals surface area (Å²) in [6, 6.07) is 0. The Hall–Kier alpha value is -1.53. The number of aliphatic hydroxyl groups is 7. The van der Waals surface area contributed by atoms with Gasteiger partial charge in [-0.25, -0.2) is 0 Å². The summed E-state index contributed by atoms with van der Waals surface area (Å²) in [5, 5.41) is 71.7. The number of esters is 1. The highest BCUT2D eigenvalue weighted by Gasteiger charge is 2.47. The van der Waals surface area contributed by atoms with Crippen LogP contribution in [0.15, 0.2) is 24.3 Å². The third-order valence-electron chi connectivity index (χ3n) is 10.2. The number of rotatable bonds is 32. The van der Waals surface area contributed by atoms with Crippen LogP contribution in [0.1, 0.15) is 136 Å². The zero-order valence-corrected chi connectivity index (χ0v) is 34.1. The highest BCUT2D eigenvalue weighted by atomic mass is 16.7.